The van der Waals surface area contributed by atoms with E-state index in [1.807, 2.05) is 44.2 Å². The molecule has 1 amide bonds. The molecule has 0 fully saturated rings. The van der Waals surface area contributed by atoms with Crippen molar-refractivity contribution in [3.8, 4) is 16.9 Å². The fourth-order valence-electron chi connectivity index (χ4n) is 3.35. The third-order valence-electron chi connectivity index (χ3n) is 4.85. The average Bonchev–Trinajstić information content (AvgIpc) is 3.18. The highest BCUT2D eigenvalue weighted by Crippen LogP contribution is 2.25. The van der Waals surface area contributed by atoms with Gasteiger partial charge < -0.3 is 5.32 Å². The lowest BCUT2D eigenvalue weighted by Gasteiger charge is -2.11. The van der Waals surface area contributed by atoms with Gasteiger partial charge in [0.25, 0.3) is 5.91 Å². The number of benzene rings is 2. The van der Waals surface area contributed by atoms with Crippen molar-refractivity contribution in [1.29, 1.82) is 0 Å². The zero-order chi connectivity index (χ0) is 21.1. The van der Waals surface area contributed by atoms with Crippen LogP contribution in [-0.4, -0.2) is 20.7 Å². The molecule has 4 aromatic rings. The summed E-state index contributed by atoms with van der Waals surface area (Å²) in [6, 6.07) is 17.6. The van der Waals surface area contributed by atoms with Gasteiger partial charge in [0.2, 0.25) is 0 Å². The number of aromatic nitrogens is 3. The standard InChI is InChI=1S/C24H21FN4O/c1-16-9-10-22(17(2)12-16)29-23(24(30)27-15-18-6-5-11-26-14-18)13-21(28-29)19-7-3-4-8-20(19)25/h3-14H,15H2,1-2H3,(H,27,30). The molecule has 1 N–H and O–H groups in total. The summed E-state index contributed by atoms with van der Waals surface area (Å²) < 4.78 is 15.9. The highest BCUT2D eigenvalue weighted by Gasteiger charge is 2.20. The molecule has 2 aromatic carbocycles. The minimum absolute atomic E-state index is 0.297. The van der Waals surface area contributed by atoms with Gasteiger partial charge in [-0.1, -0.05) is 35.9 Å². The summed E-state index contributed by atoms with van der Waals surface area (Å²) in [6.07, 6.45) is 3.38. The number of nitrogens with zero attached hydrogens (tertiary/aromatic N) is 3. The molecule has 2 heterocycles. The van der Waals surface area contributed by atoms with E-state index in [1.54, 1.807) is 41.3 Å². The van der Waals surface area contributed by atoms with Crippen LogP contribution in [-0.2, 0) is 6.54 Å². The molecule has 0 saturated carbocycles. The van der Waals surface area contributed by atoms with E-state index in [2.05, 4.69) is 15.4 Å². The third kappa shape index (κ3) is 3.98. The predicted octanol–water partition coefficient (Wildman–Crippen LogP) is 4.62. The Morgan fingerprint density at radius 3 is 2.63 bits per heavy atom. The fraction of sp³-hybridized carbons (Fsp3) is 0.125. The van der Waals surface area contributed by atoms with Gasteiger partial charge in [0.05, 0.1) is 11.4 Å². The van der Waals surface area contributed by atoms with Crippen molar-refractivity contribution in [2.75, 3.05) is 0 Å². The highest BCUT2D eigenvalue weighted by atomic mass is 19.1. The third-order valence-corrected chi connectivity index (χ3v) is 4.85. The first-order valence-electron chi connectivity index (χ1n) is 9.62. The van der Waals surface area contributed by atoms with Crippen molar-refractivity contribution < 1.29 is 9.18 Å². The van der Waals surface area contributed by atoms with Gasteiger partial charge >= 0.3 is 0 Å². The first-order chi connectivity index (χ1) is 14.5. The Bertz CT molecular complexity index is 1200. The fourth-order valence-corrected chi connectivity index (χ4v) is 3.35. The molecular formula is C24H21FN4O. The molecule has 150 valence electrons. The molecule has 0 spiro atoms. The lowest BCUT2D eigenvalue weighted by Crippen LogP contribution is -2.25. The number of pyridine rings is 1. The van der Waals surface area contributed by atoms with E-state index >= 15 is 0 Å². The van der Waals surface area contributed by atoms with Gasteiger partial charge in [-0.15, -0.1) is 0 Å². The lowest BCUT2D eigenvalue weighted by atomic mass is 10.1. The van der Waals surface area contributed by atoms with E-state index in [0.717, 1.165) is 22.4 Å². The minimum Gasteiger partial charge on any atom is -0.347 e. The largest absolute Gasteiger partial charge is 0.347 e. The zero-order valence-electron chi connectivity index (χ0n) is 16.8. The number of hydrogen-bond acceptors (Lipinski definition) is 3. The Balaban J connectivity index is 1.75. The predicted molar refractivity (Wildman–Crippen MR) is 114 cm³/mol. The molecular weight excluding hydrogens is 379 g/mol. The van der Waals surface area contributed by atoms with Crippen molar-refractivity contribution in [2.45, 2.75) is 20.4 Å². The first kappa shape index (κ1) is 19.5. The van der Waals surface area contributed by atoms with Crippen LogP contribution in [0.5, 0.6) is 0 Å². The van der Waals surface area contributed by atoms with E-state index in [9.17, 15) is 9.18 Å². The second-order valence-electron chi connectivity index (χ2n) is 7.14. The van der Waals surface area contributed by atoms with E-state index in [0.29, 0.717) is 23.5 Å². The van der Waals surface area contributed by atoms with Gasteiger partial charge in [-0.3, -0.25) is 9.78 Å². The SMILES string of the molecule is Cc1ccc(-n2nc(-c3ccccc3F)cc2C(=O)NCc2cccnc2)c(C)c1. The van der Waals surface area contributed by atoms with Crippen LogP contribution in [0.1, 0.15) is 27.2 Å². The van der Waals surface area contributed by atoms with Crippen LogP contribution >= 0.6 is 0 Å². The van der Waals surface area contributed by atoms with Crippen LogP contribution in [0.2, 0.25) is 0 Å². The monoisotopic (exact) mass is 400 g/mol. The summed E-state index contributed by atoms with van der Waals surface area (Å²) >= 11 is 0. The molecule has 0 aliphatic rings. The van der Waals surface area contributed by atoms with E-state index in [1.165, 1.54) is 6.07 Å². The minimum atomic E-state index is -0.384. The number of carbonyl (C=O) groups is 1. The molecule has 0 aliphatic carbocycles. The molecule has 30 heavy (non-hydrogen) atoms. The van der Waals surface area contributed by atoms with Crippen LogP contribution < -0.4 is 5.32 Å². The maximum Gasteiger partial charge on any atom is 0.270 e. The molecule has 5 nitrogen and oxygen atoms in total. The van der Waals surface area contributed by atoms with Gasteiger partial charge in [0.15, 0.2) is 0 Å². The summed E-state index contributed by atoms with van der Waals surface area (Å²) in [5.41, 5.74) is 4.83. The molecule has 0 unspecified atom stereocenters. The Morgan fingerprint density at radius 2 is 1.90 bits per heavy atom. The van der Waals surface area contributed by atoms with Gasteiger partial charge in [0.1, 0.15) is 11.5 Å². The Morgan fingerprint density at radius 1 is 1.07 bits per heavy atom. The normalized spacial score (nSPS) is 10.8. The van der Waals surface area contributed by atoms with Crippen molar-refractivity contribution in [3.05, 3.63) is 101 Å². The number of nitrogens with one attached hydrogen (secondary N) is 1. The maximum atomic E-state index is 14.4. The Hall–Kier alpha value is -3.80. The van der Waals surface area contributed by atoms with Crippen LogP contribution in [0, 0.1) is 19.7 Å². The summed E-state index contributed by atoms with van der Waals surface area (Å²) in [6.45, 7) is 4.30. The Labute approximate surface area is 174 Å². The van der Waals surface area contributed by atoms with Crippen molar-refractivity contribution >= 4 is 5.91 Å². The van der Waals surface area contributed by atoms with Crippen molar-refractivity contribution in [1.82, 2.24) is 20.1 Å². The number of amides is 1. The van der Waals surface area contributed by atoms with Crippen LogP contribution in [0.3, 0.4) is 0 Å². The number of carbonyl (C=O) groups excluding carboxylic acids is 1. The van der Waals surface area contributed by atoms with Crippen molar-refractivity contribution in [2.24, 2.45) is 0 Å². The van der Waals surface area contributed by atoms with E-state index < -0.39 is 0 Å². The van der Waals surface area contributed by atoms with Crippen LogP contribution in [0.4, 0.5) is 4.39 Å². The second-order valence-corrected chi connectivity index (χ2v) is 7.14. The van der Waals surface area contributed by atoms with Crippen molar-refractivity contribution in [3.63, 3.8) is 0 Å². The Kier molecular flexibility index (Phi) is 5.39. The molecule has 6 heteroatoms. The van der Waals surface area contributed by atoms with Gasteiger partial charge in [0, 0.05) is 24.5 Å². The van der Waals surface area contributed by atoms with Gasteiger partial charge in [-0.2, -0.15) is 5.10 Å². The number of rotatable bonds is 5. The average molecular weight is 400 g/mol. The number of aryl methyl sites for hydroxylation is 2. The molecule has 0 aliphatic heterocycles. The topological polar surface area (TPSA) is 59.8 Å². The maximum absolute atomic E-state index is 14.4. The summed E-state index contributed by atoms with van der Waals surface area (Å²) in [5.74, 6) is -0.681. The van der Waals surface area contributed by atoms with Gasteiger partial charge in [-0.05, 0) is 55.3 Å². The van der Waals surface area contributed by atoms with Crippen LogP contribution in [0.25, 0.3) is 16.9 Å². The van der Waals surface area contributed by atoms with E-state index in [4.69, 9.17) is 0 Å². The van der Waals surface area contributed by atoms with Gasteiger partial charge in [-0.25, -0.2) is 9.07 Å². The highest BCUT2D eigenvalue weighted by molar-refractivity contribution is 5.94. The molecule has 0 bridgehead atoms. The smallest absolute Gasteiger partial charge is 0.270 e. The molecule has 2 aromatic heterocycles. The van der Waals surface area contributed by atoms with E-state index in [-0.39, 0.29) is 11.7 Å². The molecule has 0 radical (unpaired) electrons. The second kappa shape index (κ2) is 8.29. The number of hydrogen-bond donors (Lipinski definition) is 1. The summed E-state index contributed by atoms with van der Waals surface area (Å²) in [4.78, 5) is 17.1. The van der Waals surface area contributed by atoms with Crippen LogP contribution in [0.15, 0.2) is 73.1 Å². The summed E-state index contributed by atoms with van der Waals surface area (Å²) in [7, 11) is 0. The summed E-state index contributed by atoms with van der Waals surface area (Å²) in [5, 5.41) is 7.48. The first-order valence-corrected chi connectivity index (χ1v) is 9.62. The quantitative estimate of drug-likeness (QED) is 0.532. The lowest BCUT2D eigenvalue weighted by molar-refractivity contribution is 0.0943. The molecule has 0 saturated heterocycles. The zero-order valence-corrected chi connectivity index (χ0v) is 16.8. The molecule has 4 rings (SSSR count). The molecule has 0 atom stereocenters. The number of halogens is 1.